The normalized spacial score (nSPS) is 24.8. The maximum Gasteiger partial charge on any atom is 0.242 e. The molecule has 1 aromatic carbocycles. The standard InChI is InChI=1S/C21H29FN2O3S/c22-19-10-4-6-16-7-5-12-23(21(16)19)14-20(25)24(17-8-2-1-3-9-17)18-11-13-28(26,27)15-18/h4,6,10,17-18H,1-3,5,7-9,11-15H2. The number of benzene rings is 1. The van der Waals surface area contributed by atoms with Gasteiger partial charge in [0.05, 0.1) is 23.7 Å². The largest absolute Gasteiger partial charge is 0.360 e. The minimum Gasteiger partial charge on any atom is -0.360 e. The number of hydrogen-bond acceptors (Lipinski definition) is 4. The summed E-state index contributed by atoms with van der Waals surface area (Å²) in [5.41, 5.74) is 1.50. The van der Waals surface area contributed by atoms with Gasteiger partial charge in [-0.15, -0.1) is 0 Å². The van der Waals surface area contributed by atoms with Crippen LogP contribution in [0.3, 0.4) is 0 Å². The Hall–Kier alpha value is -1.63. The molecule has 2 heterocycles. The van der Waals surface area contributed by atoms with Gasteiger partial charge in [0.25, 0.3) is 0 Å². The quantitative estimate of drug-likeness (QED) is 0.769. The van der Waals surface area contributed by atoms with Crippen molar-refractivity contribution in [3.05, 3.63) is 29.6 Å². The maximum absolute atomic E-state index is 14.5. The smallest absolute Gasteiger partial charge is 0.242 e. The number of nitrogens with zero attached hydrogens (tertiary/aromatic N) is 2. The van der Waals surface area contributed by atoms with Crippen molar-refractivity contribution in [1.82, 2.24) is 4.90 Å². The van der Waals surface area contributed by atoms with E-state index in [1.807, 2.05) is 15.9 Å². The van der Waals surface area contributed by atoms with Crippen LogP contribution in [0.5, 0.6) is 0 Å². The molecule has 0 spiro atoms. The molecule has 1 saturated heterocycles. The van der Waals surface area contributed by atoms with Gasteiger partial charge in [-0.2, -0.15) is 0 Å². The lowest BCUT2D eigenvalue weighted by Crippen LogP contribution is -2.52. The predicted molar refractivity (Wildman–Crippen MR) is 108 cm³/mol. The van der Waals surface area contributed by atoms with E-state index in [-0.39, 0.29) is 41.9 Å². The van der Waals surface area contributed by atoms with E-state index >= 15 is 0 Å². The van der Waals surface area contributed by atoms with E-state index in [0.717, 1.165) is 44.1 Å². The fourth-order valence-corrected chi connectivity index (χ4v) is 6.86. The summed E-state index contributed by atoms with van der Waals surface area (Å²) in [6.45, 7) is 0.780. The van der Waals surface area contributed by atoms with Crippen molar-refractivity contribution >= 4 is 21.4 Å². The summed E-state index contributed by atoms with van der Waals surface area (Å²) in [7, 11) is -3.07. The number of carbonyl (C=O) groups excluding carboxylic acids is 1. The first kappa shape index (κ1) is 19.7. The number of fused-ring (bicyclic) bond motifs is 1. The van der Waals surface area contributed by atoms with Crippen LogP contribution >= 0.6 is 0 Å². The Balaban J connectivity index is 1.57. The molecule has 0 radical (unpaired) electrons. The van der Waals surface area contributed by atoms with E-state index in [1.165, 1.54) is 12.5 Å². The van der Waals surface area contributed by atoms with E-state index in [4.69, 9.17) is 0 Å². The summed E-state index contributed by atoms with van der Waals surface area (Å²) >= 11 is 0. The van der Waals surface area contributed by atoms with Crippen molar-refractivity contribution in [2.45, 2.75) is 63.5 Å². The SMILES string of the molecule is O=C(CN1CCCc2cccc(F)c21)N(C1CCCCC1)C1CCS(=O)(=O)C1. The van der Waals surface area contributed by atoms with Crippen LogP contribution < -0.4 is 4.90 Å². The van der Waals surface area contributed by atoms with Gasteiger partial charge in [-0.3, -0.25) is 4.79 Å². The van der Waals surface area contributed by atoms with Gasteiger partial charge in [-0.05, 0) is 43.7 Å². The highest BCUT2D eigenvalue weighted by atomic mass is 32.2. The third-order valence-corrected chi connectivity index (χ3v) is 8.20. The molecule has 5 nitrogen and oxygen atoms in total. The number of sulfone groups is 1. The molecule has 3 aliphatic rings. The fraction of sp³-hybridized carbons (Fsp3) is 0.667. The van der Waals surface area contributed by atoms with Crippen molar-refractivity contribution in [3.63, 3.8) is 0 Å². The van der Waals surface area contributed by atoms with Gasteiger partial charge in [-0.25, -0.2) is 12.8 Å². The average Bonchev–Trinajstić information content (AvgIpc) is 3.02. The predicted octanol–water partition coefficient (Wildman–Crippen LogP) is 2.93. The van der Waals surface area contributed by atoms with E-state index in [0.29, 0.717) is 18.7 Å². The Morgan fingerprint density at radius 1 is 1.11 bits per heavy atom. The molecule has 0 N–H and O–H groups in total. The van der Waals surface area contributed by atoms with Crippen molar-refractivity contribution in [3.8, 4) is 0 Å². The Morgan fingerprint density at radius 2 is 1.89 bits per heavy atom. The number of aryl methyl sites for hydroxylation is 1. The third-order valence-electron chi connectivity index (χ3n) is 6.44. The monoisotopic (exact) mass is 408 g/mol. The van der Waals surface area contributed by atoms with Gasteiger partial charge in [0.2, 0.25) is 5.91 Å². The zero-order valence-electron chi connectivity index (χ0n) is 16.3. The zero-order chi connectivity index (χ0) is 19.7. The lowest BCUT2D eigenvalue weighted by atomic mass is 9.92. The molecule has 154 valence electrons. The molecular weight excluding hydrogens is 379 g/mol. The number of carbonyl (C=O) groups is 1. The third kappa shape index (κ3) is 4.04. The van der Waals surface area contributed by atoms with Crippen molar-refractivity contribution in [2.24, 2.45) is 0 Å². The van der Waals surface area contributed by atoms with Crippen LogP contribution in [0.2, 0.25) is 0 Å². The van der Waals surface area contributed by atoms with E-state index in [2.05, 4.69) is 0 Å². The van der Waals surface area contributed by atoms with Crippen molar-refractivity contribution in [2.75, 3.05) is 29.5 Å². The van der Waals surface area contributed by atoms with Crippen LogP contribution in [0, 0.1) is 5.82 Å². The topological polar surface area (TPSA) is 57.7 Å². The highest BCUT2D eigenvalue weighted by Gasteiger charge is 2.39. The minimum atomic E-state index is -3.07. The molecule has 1 aromatic rings. The number of rotatable bonds is 4. The molecule has 0 bridgehead atoms. The van der Waals surface area contributed by atoms with Crippen LogP contribution in [0.1, 0.15) is 50.5 Å². The van der Waals surface area contributed by atoms with Gasteiger partial charge in [0, 0.05) is 18.6 Å². The van der Waals surface area contributed by atoms with E-state index in [1.54, 1.807) is 6.07 Å². The number of anilines is 1. The molecular formula is C21H29FN2O3S. The van der Waals surface area contributed by atoms with Crippen molar-refractivity contribution < 1.29 is 17.6 Å². The number of hydrogen-bond donors (Lipinski definition) is 0. The summed E-state index contributed by atoms with van der Waals surface area (Å²) in [4.78, 5) is 17.1. The number of amides is 1. The summed E-state index contributed by atoms with van der Waals surface area (Å²) < 4.78 is 38.6. The summed E-state index contributed by atoms with van der Waals surface area (Å²) in [6.07, 6.45) is 7.45. The second-order valence-electron chi connectivity index (χ2n) is 8.42. The van der Waals surface area contributed by atoms with Crippen LogP contribution in [0.4, 0.5) is 10.1 Å². The van der Waals surface area contributed by atoms with Gasteiger partial charge in [0.15, 0.2) is 9.84 Å². The maximum atomic E-state index is 14.5. The molecule has 1 unspecified atom stereocenters. The molecule has 1 aliphatic carbocycles. The van der Waals surface area contributed by atoms with Crippen LogP contribution in [0.25, 0.3) is 0 Å². The Labute approximate surface area is 166 Å². The van der Waals surface area contributed by atoms with Crippen LogP contribution in [0.15, 0.2) is 18.2 Å². The Kier molecular flexibility index (Phi) is 5.63. The second-order valence-corrected chi connectivity index (χ2v) is 10.7. The Bertz CT molecular complexity index is 836. The van der Waals surface area contributed by atoms with Gasteiger partial charge < -0.3 is 9.80 Å². The molecule has 0 aromatic heterocycles. The lowest BCUT2D eigenvalue weighted by molar-refractivity contribution is -0.135. The van der Waals surface area contributed by atoms with Crippen LogP contribution in [-0.4, -0.2) is 55.9 Å². The molecule has 28 heavy (non-hydrogen) atoms. The molecule has 7 heteroatoms. The van der Waals surface area contributed by atoms with E-state index < -0.39 is 9.84 Å². The van der Waals surface area contributed by atoms with Gasteiger partial charge in [0.1, 0.15) is 5.82 Å². The van der Waals surface area contributed by atoms with Crippen molar-refractivity contribution in [1.29, 1.82) is 0 Å². The summed E-state index contributed by atoms with van der Waals surface area (Å²) in [5, 5.41) is 0. The molecule has 1 atom stereocenters. The first-order valence-corrected chi connectivity index (χ1v) is 12.3. The van der Waals surface area contributed by atoms with E-state index in [9.17, 15) is 17.6 Å². The van der Waals surface area contributed by atoms with Gasteiger partial charge >= 0.3 is 0 Å². The number of halogens is 1. The molecule has 1 amide bonds. The second kappa shape index (κ2) is 8.01. The number of para-hydroxylation sites is 1. The molecule has 1 saturated carbocycles. The minimum absolute atomic E-state index is 0.0508. The highest BCUT2D eigenvalue weighted by Crippen LogP contribution is 2.32. The first-order valence-electron chi connectivity index (χ1n) is 10.5. The summed E-state index contributed by atoms with van der Waals surface area (Å²) in [6, 6.07) is 4.98. The fourth-order valence-electron chi connectivity index (χ4n) is 5.15. The van der Waals surface area contributed by atoms with Gasteiger partial charge in [-0.1, -0.05) is 31.4 Å². The average molecular weight is 409 g/mol. The highest BCUT2D eigenvalue weighted by molar-refractivity contribution is 7.91. The zero-order valence-corrected chi connectivity index (χ0v) is 17.1. The Morgan fingerprint density at radius 3 is 2.61 bits per heavy atom. The summed E-state index contributed by atoms with van der Waals surface area (Å²) in [5.74, 6) is -0.0991. The van der Waals surface area contributed by atoms with Crippen LogP contribution in [-0.2, 0) is 21.1 Å². The molecule has 4 rings (SSSR count). The first-order chi connectivity index (χ1) is 13.4. The lowest BCUT2D eigenvalue weighted by Gasteiger charge is -2.40. The molecule has 2 aliphatic heterocycles. The molecule has 2 fully saturated rings.